The summed E-state index contributed by atoms with van der Waals surface area (Å²) in [6.07, 6.45) is 0. The van der Waals surface area contributed by atoms with Crippen LogP contribution in [-0.2, 0) is 0 Å². The summed E-state index contributed by atoms with van der Waals surface area (Å²) >= 11 is 0. The van der Waals surface area contributed by atoms with E-state index < -0.39 is 0 Å². The van der Waals surface area contributed by atoms with Gasteiger partial charge in [0.25, 0.3) is 0 Å². The Morgan fingerprint density at radius 1 is 1.10 bits per heavy atom. The second-order valence-corrected chi connectivity index (χ2v) is 1.62. The Hall–Kier alpha value is -1.24. The van der Waals surface area contributed by atoms with E-state index in [0.29, 0.717) is 0 Å². The third-order valence-electron chi connectivity index (χ3n) is 1.06. The second kappa shape index (κ2) is 5.89. The molecular weight excluding hydrogens is 122 g/mol. The molecule has 0 atom stereocenters. The molecule has 54 valence electrons. The minimum Gasteiger partial charge on any atom is -0.388 e. The molecule has 0 aromatic heterocycles. The lowest BCUT2D eigenvalue weighted by molar-refractivity contribution is 1.51. The smallest absolute Gasteiger partial charge is 0.0337 e. The Morgan fingerprint density at radius 2 is 1.60 bits per heavy atom. The zero-order valence-corrected chi connectivity index (χ0v) is 6.30. The molecule has 0 radical (unpaired) electrons. The molecule has 0 heterocycles. The molecule has 0 unspecified atom stereocenters. The maximum Gasteiger partial charge on any atom is 0.0337 e. The van der Waals surface area contributed by atoms with Crippen LogP contribution in [0.2, 0.25) is 0 Å². The predicted molar refractivity (Wildman–Crippen MR) is 47.2 cm³/mol. The van der Waals surface area contributed by atoms with E-state index in [4.69, 9.17) is 0 Å². The summed E-state index contributed by atoms with van der Waals surface area (Å²) in [5.74, 6) is 0. The Kier molecular flexibility index (Phi) is 5.16. The van der Waals surface area contributed by atoms with Crippen molar-refractivity contribution in [2.75, 3.05) is 12.4 Å². The van der Waals surface area contributed by atoms with Crippen LogP contribution in [0.5, 0.6) is 0 Å². The monoisotopic (exact) mass is 135 g/mol. The molecule has 1 nitrogen and oxygen atoms in total. The van der Waals surface area contributed by atoms with Crippen LogP contribution in [0, 0.1) is 0 Å². The van der Waals surface area contributed by atoms with Gasteiger partial charge in [-0.2, -0.15) is 0 Å². The number of nitrogens with one attached hydrogen (secondary N) is 1. The molecular formula is C9H13N. The van der Waals surface area contributed by atoms with Crippen LogP contribution < -0.4 is 5.32 Å². The van der Waals surface area contributed by atoms with Gasteiger partial charge < -0.3 is 5.32 Å². The molecule has 0 saturated heterocycles. The Morgan fingerprint density at radius 3 is 1.90 bits per heavy atom. The molecule has 0 aliphatic heterocycles. The van der Waals surface area contributed by atoms with Crippen LogP contribution in [0.3, 0.4) is 0 Å². The van der Waals surface area contributed by atoms with Crippen molar-refractivity contribution in [2.24, 2.45) is 0 Å². The van der Waals surface area contributed by atoms with Gasteiger partial charge in [-0.05, 0) is 12.1 Å². The highest BCUT2D eigenvalue weighted by molar-refractivity contribution is 5.41. The normalized spacial score (nSPS) is 7.30. The fourth-order valence-corrected chi connectivity index (χ4v) is 0.605. The number of benzene rings is 1. The van der Waals surface area contributed by atoms with Gasteiger partial charge in [-0.25, -0.2) is 0 Å². The first kappa shape index (κ1) is 8.76. The van der Waals surface area contributed by atoms with Gasteiger partial charge in [-0.1, -0.05) is 18.2 Å². The number of hydrogen-bond acceptors (Lipinski definition) is 1. The summed E-state index contributed by atoms with van der Waals surface area (Å²) < 4.78 is 0. The molecule has 0 aliphatic carbocycles. The third-order valence-corrected chi connectivity index (χ3v) is 1.06. The average Bonchev–Trinajstić information content (AvgIpc) is 2.10. The number of rotatable bonds is 1. The molecule has 0 fully saturated rings. The standard InChI is InChI=1S/C7H9N.C2H4/c1-8-7-5-3-2-4-6-7;1-2/h2-6,8H,1H3;1-2H2. The lowest BCUT2D eigenvalue weighted by atomic mass is 10.3. The lowest BCUT2D eigenvalue weighted by Gasteiger charge is -1.94. The molecule has 1 rings (SSSR count). The van der Waals surface area contributed by atoms with Crippen LogP contribution in [0.1, 0.15) is 0 Å². The Labute approximate surface area is 62.4 Å². The summed E-state index contributed by atoms with van der Waals surface area (Å²) in [4.78, 5) is 0. The van der Waals surface area contributed by atoms with Crippen molar-refractivity contribution >= 4 is 5.69 Å². The lowest BCUT2D eigenvalue weighted by Crippen LogP contribution is -1.84. The Bertz CT molecular complexity index is 158. The molecule has 1 aromatic carbocycles. The fraction of sp³-hybridized carbons (Fsp3) is 0.111. The van der Waals surface area contributed by atoms with Crippen LogP contribution in [0.4, 0.5) is 5.69 Å². The zero-order valence-electron chi connectivity index (χ0n) is 6.30. The second-order valence-electron chi connectivity index (χ2n) is 1.62. The van der Waals surface area contributed by atoms with E-state index in [-0.39, 0.29) is 0 Å². The molecule has 1 N–H and O–H groups in total. The van der Waals surface area contributed by atoms with E-state index in [2.05, 4.69) is 18.5 Å². The van der Waals surface area contributed by atoms with Crippen molar-refractivity contribution in [3.63, 3.8) is 0 Å². The summed E-state index contributed by atoms with van der Waals surface area (Å²) in [5, 5.41) is 3.03. The zero-order chi connectivity index (χ0) is 7.82. The first-order chi connectivity index (χ1) is 4.93. The van der Waals surface area contributed by atoms with Crippen molar-refractivity contribution < 1.29 is 0 Å². The van der Waals surface area contributed by atoms with Gasteiger partial charge >= 0.3 is 0 Å². The molecule has 0 amide bonds. The van der Waals surface area contributed by atoms with E-state index >= 15 is 0 Å². The summed E-state index contributed by atoms with van der Waals surface area (Å²) in [5.41, 5.74) is 1.16. The van der Waals surface area contributed by atoms with Crippen molar-refractivity contribution in [2.45, 2.75) is 0 Å². The third kappa shape index (κ3) is 2.92. The van der Waals surface area contributed by atoms with Gasteiger partial charge in [0.2, 0.25) is 0 Å². The molecule has 0 aliphatic rings. The van der Waals surface area contributed by atoms with E-state index in [1.165, 1.54) is 0 Å². The predicted octanol–water partition coefficient (Wildman–Crippen LogP) is 2.53. The van der Waals surface area contributed by atoms with Crippen LogP contribution in [0.25, 0.3) is 0 Å². The van der Waals surface area contributed by atoms with Gasteiger partial charge in [-0.3, -0.25) is 0 Å². The SMILES string of the molecule is C=C.CNc1ccccc1. The van der Waals surface area contributed by atoms with E-state index in [1.807, 2.05) is 37.4 Å². The van der Waals surface area contributed by atoms with Crippen LogP contribution >= 0.6 is 0 Å². The largest absolute Gasteiger partial charge is 0.388 e. The van der Waals surface area contributed by atoms with E-state index in [0.717, 1.165) is 5.69 Å². The van der Waals surface area contributed by atoms with Gasteiger partial charge in [0.15, 0.2) is 0 Å². The van der Waals surface area contributed by atoms with Gasteiger partial charge in [-0.15, -0.1) is 13.2 Å². The highest BCUT2D eigenvalue weighted by Crippen LogP contribution is 2.01. The van der Waals surface area contributed by atoms with Crippen molar-refractivity contribution in [1.29, 1.82) is 0 Å². The summed E-state index contributed by atoms with van der Waals surface area (Å²) in [6.45, 7) is 6.00. The molecule has 0 bridgehead atoms. The minimum atomic E-state index is 1.16. The first-order valence-electron chi connectivity index (χ1n) is 3.16. The molecule has 10 heavy (non-hydrogen) atoms. The fourth-order valence-electron chi connectivity index (χ4n) is 0.605. The van der Waals surface area contributed by atoms with Crippen LogP contribution in [0.15, 0.2) is 43.5 Å². The molecule has 0 spiro atoms. The highest BCUT2D eigenvalue weighted by Gasteiger charge is 1.77. The maximum atomic E-state index is 3.03. The summed E-state index contributed by atoms with van der Waals surface area (Å²) in [7, 11) is 1.91. The van der Waals surface area contributed by atoms with Gasteiger partial charge in [0.1, 0.15) is 0 Å². The number of hydrogen-bond donors (Lipinski definition) is 1. The molecule has 1 heteroatoms. The number of para-hydroxylation sites is 1. The summed E-state index contributed by atoms with van der Waals surface area (Å²) in [6, 6.07) is 10.1. The van der Waals surface area contributed by atoms with Gasteiger partial charge in [0.05, 0.1) is 0 Å². The van der Waals surface area contributed by atoms with E-state index in [9.17, 15) is 0 Å². The molecule has 0 saturated carbocycles. The minimum absolute atomic E-state index is 1.16. The van der Waals surface area contributed by atoms with Crippen molar-refractivity contribution in [3.05, 3.63) is 43.5 Å². The quantitative estimate of drug-likeness (QED) is 0.583. The van der Waals surface area contributed by atoms with Crippen molar-refractivity contribution in [1.82, 2.24) is 0 Å². The molecule has 1 aromatic rings. The topological polar surface area (TPSA) is 12.0 Å². The first-order valence-corrected chi connectivity index (χ1v) is 3.16. The van der Waals surface area contributed by atoms with E-state index in [1.54, 1.807) is 0 Å². The van der Waals surface area contributed by atoms with Crippen molar-refractivity contribution in [3.8, 4) is 0 Å². The average molecular weight is 135 g/mol. The van der Waals surface area contributed by atoms with Gasteiger partial charge in [0, 0.05) is 12.7 Å². The highest BCUT2D eigenvalue weighted by atomic mass is 14.8. The van der Waals surface area contributed by atoms with Crippen LogP contribution in [-0.4, -0.2) is 7.05 Å². The Balaban J connectivity index is 0.000000371. The number of anilines is 1. The maximum absolute atomic E-state index is 3.03.